The number of methoxy groups -OCH3 is 1. The maximum absolute atomic E-state index is 13.3. The van der Waals surface area contributed by atoms with Gasteiger partial charge in [0.15, 0.2) is 0 Å². The summed E-state index contributed by atoms with van der Waals surface area (Å²) in [5.41, 5.74) is 2.63. The van der Waals surface area contributed by atoms with E-state index in [1.807, 2.05) is 29.2 Å². The Kier molecular flexibility index (Phi) is 4.62. The maximum atomic E-state index is 13.3. The minimum atomic E-state index is -0.313. The van der Waals surface area contributed by atoms with Crippen LogP contribution in [0.1, 0.15) is 23.2 Å². The SMILES string of the molecule is COc1cccc(-c2nn(-c3ccc(F)cc3)cc2C(=O)N2CCCC2)c1. The Hall–Kier alpha value is -3.15. The van der Waals surface area contributed by atoms with Crippen LogP contribution in [0.3, 0.4) is 0 Å². The van der Waals surface area contributed by atoms with Crippen LogP contribution in [0.4, 0.5) is 4.39 Å². The van der Waals surface area contributed by atoms with E-state index in [9.17, 15) is 9.18 Å². The molecule has 1 aliphatic rings. The van der Waals surface area contributed by atoms with Crippen molar-refractivity contribution in [1.29, 1.82) is 0 Å². The molecule has 2 aromatic carbocycles. The molecule has 138 valence electrons. The van der Waals surface area contributed by atoms with Crippen LogP contribution in [0.25, 0.3) is 16.9 Å². The Morgan fingerprint density at radius 2 is 1.85 bits per heavy atom. The fourth-order valence-corrected chi connectivity index (χ4v) is 3.33. The first kappa shape index (κ1) is 17.3. The zero-order chi connectivity index (χ0) is 18.8. The Morgan fingerprint density at radius 1 is 1.11 bits per heavy atom. The minimum Gasteiger partial charge on any atom is -0.497 e. The molecule has 0 unspecified atom stereocenters. The predicted molar refractivity (Wildman–Crippen MR) is 101 cm³/mol. The van der Waals surface area contributed by atoms with Gasteiger partial charge in [0.05, 0.1) is 18.4 Å². The van der Waals surface area contributed by atoms with Crippen molar-refractivity contribution in [3.8, 4) is 22.7 Å². The van der Waals surface area contributed by atoms with Gasteiger partial charge in [0, 0.05) is 24.8 Å². The lowest BCUT2D eigenvalue weighted by atomic mass is 10.1. The van der Waals surface area contributed by atoms with E-state index >= 15 is 0 Å². The van der Waals surface area contributed by atoms with Gasteiger partial charge in [0.25, 0.3) is 5.91 Å². The Balaban J connectivity index is 1.81. The molecule has 4 rings (SSSR count). The van der Waals surface area contributed by atoms with Crippen LogP contribution in [0.2, 0.25) is 0 Å². The number of halogens is 1. The molecule has 0 radical (unpaired) electrons. The molecule has 1 fully saturated rings. The smallest absolute Gasteiger partial charge is 0.257 e. The topological polar surface area (TPSA) is 47.4 Å². The summed E-state index contributed by atoms with van der Waals surface area (Å²) >= 11 is 0. The van der Waals surface area contributed by atoms with Crippen molar-refractivity contribution in [3.63, 3.8) is 0 Å². The van der Waals surface area contributed by atoms with E-state index in [2.05, 4.69) is 5.10 Å². The highest BCUT2D eigenvalue weighted by Crippen LogP contribution is 2.28. The summed E-state index contributed by atoms with van der Waals surface area (Å²) < 4.78 is 20.2. The van der Waals surface area contributed by atoms with Crippen LogP contribution in [-0.2, 0) is 0 Å². The second-order valence-corrected chi connectivity index (χ2v) is 6.54. The van der Waals surface area contributed by atoms with Gasteiger partial charge in [-0.05, 0) is 49.2 Å². The Morgan fingerprint density at radius 3 is 2.56 bits per heavy atom. The third-order valence-corrected chi connectivity index (χ3v) is 4.77. The van der Waals surface area contributed by atoms with E-state index < -0.39 is 0 Å². The largest absolute Gasteiger partial charge is 0.497 e. The predicted octanol–water partition coefficient (Wildman–Crippen LogP) is 3.92. The molecular formula is C21H20FN3O2. The average molecular weight is 365 g/mol. The van der Waals surface area contributed by atoms with Gasteiger partial charge in [-0.15, -0.1) is 0 Å². The standard InChI is InChI=1S/C21H20FN3O2/c1-27-18-6-4-5-15(13-18)20-19(21(26)24-11-2-3-12-24)14-25(23-20)17-9-7-16(22)8-10-17/h4-10,13-14H,2-3,11-12H2,1H3. The van der Waals surface area contributed by atoms with Crippen molar-refractivity contribution in [2.24, 2.45) is 0 Å². The number of ether oxygens (including phenoxy) is 1. The lowest BCUT2D eigenvalue weighted by molar-refractivity contribution is 0.0793. The molecule has 27 heavy (non-hydrogen) atoms. The number of carbonyl (C=O) groups excluding carboxylic acids is 1. The normalized spacial score (nSPS) is 13.8. The van der Waals surface area contributed by atoms with Crippen LogP contribution in [-0.4, -0.2) is 40.8 Å². The fourth-order valence-electron chi connectivity index (χ4n) is 3.33. The van der Waals surface area contributed by atoms with Crippen molar-refractivity contribution in [2.45, 2.75) is 12.8 Å². The first-order chi connectivity index (χ1) is 13.2. The van der Waals surface area contributed by atoms with Gasteiger partial charge in [0.1, 0.15) is 17.3 Å². The van der Waals surface area contributed by atoms with Crippen LogP contribution >= 0.6 is 0 Å². The quantitative estimate of drug-likeness (QED) is 0.704. The molecule has 0 saturated carbocycles. The number of benzene rings is 2. The second kappa shape index (κ2) is 7.23. The summed E-state index contributed by atoms with van der Waals surface area (Å²) in [6, 6.07) is 13.5. The lowest BCUT2D eigenvalue weighted by Crippen LogP contribution is -2.27. The summed E-state index contributed by atoms with van der Waals surface area (Å²) in [6.45, 7) is 1.52. The molecule has 2 heterocycles. The number of hydrogen-bond acceptors (Lipinski definition) is 3. The van der Waals surface area contributed by atoms with Crippen LogP contribution in [0.15, 0.2) is 54.7 Å². The Bertz CT molecular complexity index is 960. The highest BCUT2D eigenvalue weighted by molar-refractivity contribution is 6.00. The third-order valence-electron chi connectivity index (χ3n) is 4.77. The second-order valence-electron chi connectivity index (χ2n) is 6.54. The molecule has 5 nitrogen and oxygen atoms in total. The number of rotatable bonds is 4. The number of amides is 1. The molecule has 1 aromatic heterocycles. The summed E-state index contributed by atoms with van der Waals surface area (Å²) in [5.74, 6) is 0.356. The number of nitrogens with zero attached hydrogens (tertiary/aromatic N) is 3. The van der Waals surface area contributed by atoms with Gasteiger partial charge in [-0.25, -0.2) is 9.07 Å². The minimum absolute atomic E-state index is 0.0290. The van der Waals surface area contributed by atoms with Crippen LogP contribution < -0.4 is 4.74 Å². The van der Waals surface area contributed by atoms with Gasteiger partial charge in [0.2, 0.25) is 0 Å². The van der Waals surface area contributed by atoms with Crippen molar-refractivity contribution in [1.82, 2.24) is 14.7 Å². The maximum Gasteiger partial charge on any atom is 0.257 e. The Labute approximate surface area is 157 Å². The molecule has 6 heteroatoms. The lowest BCUT2D eigenvalue weighted by Gasteiger charge is -2.14. The molecule has 0 bridgehead atoms. The van der Waals surface area contributed by atoms with E-state index in [1.54, 1.807) is 30.1 Å². The summed E-state index contributed by atoms with van der Waals surface area (Å²) in [5, 5.41) is 4.64. The molecule has 0 aliphatic carbocycles. The average Bonchev–Trinajstić information content (AvgIpc) is 3.38. The zero-order valence-electron chi connectivity index (χ0n) is 15.1. The highest BCUT2D eigenvalue weighted by atomic mass is 19.1. The molecule has 0 atom stereocenters. The summed E-state index contributed by atoms with van der Waals surface area (Å²) in [4.78, 5) is 14.9. The summed E-state index contributed by atoms with van der Waals surface area (Å²) in [7, 11) is 1.60. The van der Waals surface area contributed by atoms with Crippen molar-refractivity contribution in [3.05, 3.63) is 66.1 Å². The first-order valence-electron chi connectivity index (χ1n) is 8.95. The third kappa shape index (κ3) is 3.43. The zero-order valence-corrected chi connectivity index (χ0v) is 15.1. The molecule has 1 aliphatic heterocycles. The van der Waals surface area contributed by atoms with E-state index in [0.29, 0.717) is 22.7 Å². The fraction of sp³-hybridized carbons (Fsp3) is 0.238. The molecular weight excluding hydrogens is 345 g/mol. The van der Waals surface area contributed by atoms with Gasteiger partial charge in [-0.1, -0.05) is 12.1 Å². The van der Waals surface area contributed by atoms with E-state index in [1.165, 1.54) is 12.1 Å². The first-order valence-corrected chi connectivity index (χ1v) is 8.95. The molecule has 1 amide bonds. The van der Waals surface area contributed by atoms with E-state index in [-0.39, 0.29) is 11.7 Å². The van der Waals surface area contributed by atoms with Crippen LogP contribution in [0.5, 0.6) is 5.75 Å². The number of likely N-dealkylation sites (tertiary alicyclic amines) is 1. The molecule has 1 saturated heterocycles. The van der Waals surface area contributed by atoms with Crippen molar-refractivity contribution in [2.75, 3.05) is 20.2 Å². The number of aromatic nitrogens is 2. The number of hydrogen-bond donors (Lipinski definition) is 0. The number of carbonyl (C=O) groups is 1. The molecule has 3 aromatic rings. The monoisotopic (exact) mass is 365 g/mol. The molecule has 0 N–H and O–H groups in total. The van der Waals surface area contributed by atoms with E-state index in [4.69, 9.17) is 4.74 Å². The van der Waals surface area contributed by atoms with Crippen LogP contribution in [0, 0.1) is 5.82 Å². The van der Waals surface area contributed by atoms with Gasteiger partial charge in [-0.2, -0.15) is 5.10 Å². The molecule has 0 spiro atoms. The van der Waals surface area contributed by atoms with Crippen molar-refractivity contribution >= 4 is 5.91 Å². The highest BCUT2D eigenvalue weighted by Gasteiger charge is 2.25. The summed E-state index contributed by atoms with van der Waals surface area (Å²) in [6.07, 6.45) is 3.77. The van der Waals surface area contributed by atoms with Gasteiger partial charge < -0.3 is 9.64 Å². The van der Waals surface area contributed by atoms with Gasteiger partial charge >= 0.3 is 0 Å². The van der Waals surface area contributed by atoms with Gasteiger partial charge in [-0.3, -0.25) is 4.79 Å². The van der Waals surface area contributed by atoms with E-state index in [0.717, 1.165) is 31.5 Å². The van der Waals surface area contributed by atoms with Crippen molar-refractivity contribution < 1.29 is 13.9 Å².